The van der Waals surface area contributed by atoms with Crippen LogP contribution in [0.4, 0.5) is 0 Å². The van der Waals surface area contributed by atoms with E-state index in [9.17, 15) is 0 Å². The average molecular weight is 300 g/mol. The number of hydrogen-bond donors (Lipinski definition) is 0. The standard InChI is InChI=1S/C10H21IO2/c1-5-6-7-9(8-11)12-13-10(2,3)4/h9H,5-8H2,1-4H3. The highest BCUT2D eigenvalue weighted by atomic mass is 127. The summed E-state index contributed by atoms with van der Waals surface area (Å²) in [4.78, 5) is 10.6. The van der Waals surface area contributed by atoms with Gasteiger partial charge in [-0.05, 0) is 27.2 Å². The van der Waals surface area contributed by atoms with Crippen LogP contribution in [0.5, 0.6) is 0 Å². The Morgan fingerprint density at radius 1 is 1.31 bits per heavy atom. The molecule has 0 aromatic rings. The van der Waals surface area contributed by atoms with Crippen LogP contribution in [0.15, 0.2) is 0 Å². The first-order chi connectivity index (χ1) is 5.99. The molecule has 0 fully saturated rings. The molecule has 0 N–H and O–H groups in total. The van der Waals surface area contributed by atoms with Crippen molar-refractivity contribution >= 4 is 22.6 Å². The van der Waals surface area contributed by atoms with Crippen LogP contribution >= 0.6 is 22.6 Å². The summed E-state index contributed by atoms with van der Waals surface area (Å²) in [7, 11) is 0. The van der Waals surface area contributed by atoms with Gasteiger partial charge < -0.3 is 0 Å². The second-order valence-electron chi connectivity index (χ2n) is 4.21. The Labute approximate surface area is 95.4 Å². The molecule has 80 valence electrons. The van der Waals surface area contributed by atoms with Crippen molar-refractivity contribution in [2.24, 2.45) is 0 Å². The lowest BCUT2D eigenvalue weighted by Crippen LogP contribution is -2.25. The first kappa shape index (κ1) is 13.7. The third-order valence-electron chi connectivity index (χ3n) is 1.49. The van der Waals surface area contributed by atoms with Crippen LogP contribution in [0, 0.1) is 0 Å². The van der Waals surface area contributed by atoms with Gasteiger partial charge in [0.1, 0.15) is 6.10 Å². The van der Waals surface area contributed by atoms with Crippen molar-refractivity contribution < 1.29 is 9.78 Å². The predicted molar refractivity (Wildman–Crippen MR) is 64.1 cm³/mol. The maximum absolute atomic E-state index is 5.35. The molecule has 3 heteroatoms. The quantitative estimate of drug-likeness (QED) is 0.322. The van der Waals surface area contributed by atoms with Crippen LogP contribution in [0.2, 0.25) is 0 Å². The van der Waals surface area contributed by atoms with E-state index in [0.29, 0.717) is 0 Å². The van der Waals surface area contributed by atoms with Crippen molar-refractivity contribution in [2.45, 2.75) is 58.7 Å². The summed E-state index contributed by atoms with van der Waals surface area (Å²) >= 11 is 2.34. The van der Waals surface area contributed by atoms with Gasteiger partial charge in [0.2, 0.25) is 0 Å². The fourth-order valence-electron chi connectivity index (χ4n) is 0.795. The third kappa shape index (κ3) is 8.97. The molecular formula is C10H21IO2. The van der Waals surface area contributed by atoms with Crippen LogP contribution < -0.4 is 0 Å². The van der Waals surface area contributed by atoms with Gasteiger partial charge in [-0.2, -0.15) is 0 Å². The van der Waals surface area contributed by atoms with E-state index in [1.54, 1.807) is 0 Å². The molecule has 1 atom stereocenters. The van der Waals surface area contributed by atoms with Crippen molar-refractivity contribution in [3.8, 4) is 0 Å². The number of alkyl halides is 1. The number of halogens is 1. The fraction of sp³-hybridized carbons (Fsp3) is 1.00. The SMILES string of the molecule is CCCCC(CI)OOC(C)(C)C. The Morgan fingerprint density at radius 2 is 1.92 bits per heavy atom. The Hall–Kier alpha value is 0.650. The van der Waals surface area contributed by atoms with Crippen molar-refractivity contribution in [1.29, 1.82) is 0 Å². The lowest BCUT2D eigenvalue weighted by atomic mass is 10.2. The molecule has 0 amide bonds. The van der Waals surface area contributed by atoms with E-state index in [1.165, 1.54) is 12.8 Å². The molecule has 0 spiro atoms. The van der Waals surface area contributed by atoms with Gasteiger partial charge in [0.15, 0.2) is 0 Å². The highest BCUT2D eigenvalue weighted by Crippen LogP contribution is 2.14. The number of rotatable bonds is 6. The average Bonchev–Trinajstić information content (AvgIpc) is 2.03. The molecule has 0 heterocycles. The molecule has 0 aromatic heterocycles. The van der Waals surface area contributed by atoms with Gasteiger partial charge in [-0.15, -0.1) is 0 Å². The van der Waals surface area contributed by atoms with Gasteiger partial charge in [0.25, 0.3) is 0 Å². The molecule has 0 aliphatic heterocycles. The summed E-state index contributed by atoms with van der Waals surface area (Å²) in [6, 6.07) is 0. The summed E-state index contributed by atoms with van der Waals surface area (Å²) < 4.78 is 0.994. The molecule has 0 saturated heterocycles. The monoisotopic (exact) mass is 300 g/mol. The van der Waals surface area contributed by atoms with Crippen molar-refractivity contribution in [1.82, 2.24) is 0 Å². The third-order valence-corrected chi connectivity index (χ3v) is 2.47. The summed E-state index contributed by atoms with van der Waals surface area (Å²) in [6.07, 6.45) is 3.77. The van der Waals surface area contributed by atoms with E-state index in [4.69, 9.17) is 9.78 Å². The predicted octanol–water partition coefficient (Wildman–Crippen LogP) is 3.73. The van der Waals surface area contributed by atoms with Crippen LogP contribution in [0.25, 0.3) is 0 Å². The maximum atomic E-state index is 5.35. The summed E-state index contributed by atoms with van der Waals surface area (Å²) in [5.74, 6) is 0. The topological polar surface area (TPSA) is 18.5 Å². The summed E-state index contributed by atoms with van der Waals surface area (Å²) in [5, 5.41) is 0. The summed E-state index contributed by atoms with van der Waals surface area (Å²) in [6.45, 7) is 8.18. The molecular weight excluding hydrogens is 279 g/mol. The van der Waals surface area contributed by atoms with E-state index in [2.05, 4.69) is 29.5 Å². The molecule has 0 saturated carbocycles. The lowest BCUT2D eigenvalue weighted by molar-refractivity contribution is -0.369. The number of hydrogen-bond acceptors (Lipinski definition) is 2. The number of unbranched alkanes of at least 4 members (excludes halogenated alkanes) is 1. The van der Waals surface area contributed by atoms with Gasteiger partial charge in [0, 0.05) is 4.43 Å². The molecule has 0 radical (unpaired) electrons. The van der Waals surface area contributed by atoms with Crippen molar-refractivity contribution in [2.75, 3.05) is 4.43 Å². The molecule has 0 bridgehead atoms. The van der Waals surface area contributed by atoms with Gasteiger partial charge in [-0.25, -0.2) is 9.78 Å². The van der Waals surface area contributed by atoms with Gasteiger partial charge >= 0.3 is 0 Å². The fourth-order valence-corrected chi connectivity index (χ4v) is 1.38. The van der Waals surface area contributed by atoms with Gasteiger partial charge in [-0.3, -0.25) is 0 Å². The molecule has 0 aliphatic carbocycles. The Morgan fingerprint density at radius 3 is 2.31 bits per heavy atom. The molecule has 0 aliphatic rings. The normalized spacial score (nSPS) is 14.5. The zero-order valence-corrected chi connectivity index (χ0v) is 11.3. The smallest absolute Gasteiger partial charge is 0.102 e. The van der Waals surface area contributed by atoms with Crippen molar-refractivity contribution in [3.05, 3.63) is 0 Å². The Balaban J connectivity index is 3.59. The van der Waals surface area contributed by atoms with Crippen LogP contribution in [0.3, 0.4) is 0 Å². The summed E-state index contributed by atoms with van der Waals surface area (Å²) in [5.41, 5.74) is -0.198. The molecule has 13 heavy (non-hydrogen) atoms. The van der Waals surface area contributed by atoms with E-state index in [0.717, 1.165) is 10.8 Å². The van der Waals surface area contributed by atoms with Crippen molar-refractivity contribution in [3.63, 3.8) is 0 Å². The van der Waals surface area contributed by atoms with Crippen LogP contribution in [0.1, 0.15) is 47.0 Å². The van der Waals surface area contributed by atoms with Crippen LogP contribution in [-0.2, 0) is 9.78 Å². The lowest BCUT2D eigenvalue weighted by Gasteiger charge is -2.22. The van der Waals surface area contributed by atoms with E-state index in [-0.39, 0.29) is 11.7 Å². The highest BCUT2D eigenvalue weighted by Gasteiger charge is 2.15. The maximum Gasteiger partial charge on any atom is 0.102 e. The van der Waals surface area contributed by atoms with E-state index in [1.807, 2.05) is 20.8 Å². The molecule has 0 aromatic carbocycles. The largest absolute Gasteiger partial charge is 0.232 e. The zero-order chi connectivity index (χ0) is 10.3. The molecule has 1 unspecified atom stereocenters. The highest BCUT2D eigenvalue weighted by molar-refractivity contribution is 14.1. The van der Waals surface area contributed by atoms with Gasteiger partial charge in [-0.1, -0.05) is 42.4 Å². The second-order valence-corrected chi connectivity index (χ2v) is 5.09. The molecule has 2 nitrogen and oxygen atoms in total. The Bertz CT molecular complexity index is 121. The van der Waals surface area contributed by atoms with E-state index < -0.39 is 0 Å². The van der Waals surface area contributed by atoms with Gasteiger partial charge in [0.05, 0.1) is 5.60 Å². The minimum Gasteiger partial charge on any atom is -0.232 e. The second kappa shape index (κ2) is 7.01. The first-order valence-electron chi connectivity index (χ1n) is 4.90. The minimum atomic E-state index is -0.198. The van der Waals surface area contributed by atoms with Crippen LogP contribution in [-0.4, -0.2) is 16.1 Å². The minimum absolute atomic E-state index is 0.198. The van der Waals surface area contributed by atoms with E-state index >= 15 is 0 Å². The Kier molecular flexibility index (Phi) is 7.36. The zero-order valence-electron chi connectivity index (χ0n) is 9.10. The molecule has 0 rings (SSSR count). The first-order valence-corrected chi connectivity index (χ1v) is 6.42.